The molecule has 0 aromatic heterocycles. The van der Waals surface area contributed by atoms with E-state index in [0.717, 1.165) is 30.6 Å². The summed E-state index contributed by atoms with van der Waals surface area (Å²) in [5, 5.41) is 3.08. The zero-order valence-corrected chi connectivity index (χ0v) is 16.6. The maximum Gasteiger partial charge on any atom is 0.222 e. The lowest BCUT2D eigenvalue weighted by Crippen LogP contribution is -2.48. The summed E-state index contributed by atoms with van der Waals surface area (Å²) in [6.07, 6.45) is 2.16. The molecule has 2 aromatic carbocycles. The van der Waals surface area contributed by atoms with Crippen LogP contribution in [0.2, 0.25) is 0 Å². The predicted octanol–water partition coefficient (Wildman–Crippen LogP) is 3.84. The first-order chi connectivity index (χ1) is 12.1. The number of halogens is 3. The minimum Gasteiger partial charge on any atom is -0.369 e. The third-order valence-corrected chi connectivity index (χ3v) is 4.59. The quantitative estimate of drug-likeness (QED) is 0.782. The van der Waals surface area contributed by atoms with E-state index in [1.54, 1.807) is 6.07 Å². The van der Waals surface area contributed by atoms with Crippen molar-refractivity contribution in [2.75, 3.05) is 18.0 Å². The first-order valence-corrected chi connectivity index (χ1v) is 8.72. The second-order valence-electron chi connectivity index (χ2n) is 6.55. The summed E-state index contributed by atoms with van der Waals surface area (Å²) in [5.74, 6) is -0.278. The number of anilines is 1. The topological polar surface area (TPSA) is 58.4 Å². The lowest BCUT2D eigenvalue weighted by Gasteiger charge is -2.35. The van der Waals surface area contributed by atoms with Crippen molar-refractivity contribution < 1.29 is 9.18 Å². The van der Waals surface area contributed by atoms with Gasteiger partial charge in [-0.15, -0.1) is 24.8 Å². The highest BCUT2D eigenvalue weighted by Crippen LogP contribution is 2.21. The van der Waals surface area contributed by atoms with Gasteiger partial charge in [-0.05, 0) is 36.6 Å². The monoisotopic (exact) mass is 413 g/mol. The maximum atomic E-state index is 13.4. The Morgan fingerprint density at radius 2 is 1.93 bits per heavy atom. The summed E-state index contributed by atoms with van der Waals surface area (Å²) in [4.78, 5) is 14.4. The number of amides is 1. The molecule has 4 nitrogen and oxygen atoms in total. The van der Waals surface area contributed by atoms with Gasteiger partial charge in [0, 0.05) is 37.3 Å². The fourth-order valence-corrected chi connectivity index (χ4v) is 3.31. The smallest absolute Gasteiger partial charge is 0.222 e. The summed E-state index contributed by atoms with van der Waals surface area (Å²) in [5.41, 5.74) is 7.94. The molecule has 7 heteroatoms. The van der Waals surface area contributed by atoms with Crippen LogP contribution >= 0.6 is 24.8 Å². The molecule has 3 N–H and O–H groups in total. The van der Waals surface area contributed by atoms with E-state index in [0.29, 0.717) is 6.54 Å². The number of rotatable bonds is 5. The van der Waals surface area contributed by atoms with Gasteiger partial charge in [-0.1, -0.05) is 36.4 Å². The molecule has 2 aromatic rings. The first-order valence-electron chi connectivity index (χ1n) is 8.72. The summed E-state index contributed by atoms with van der Waals surface area (Å²) < 4.78 is 13.4. The molecule has 0 saturated carbocycles. The third-order valence-electron chi connectivity index (χ3n) is 4.59. The molecule has 27 heavy (non-hydrogen) atoms. The Hall–Kier alpha value is -1.82. The Labute approximate surface area is 172 Å². The van der Waals surface area contributed by atoms with Crippen molar-refractivity contribution in [1.29, 1.82) is 0 Å². The van der Waals surface area contributed by atoms with E-state index >= 15 is 0 Å². The molecule has 1 aliphatic rings. The summed E-state index contributed by atoms with van der Waals surface area (Å²) in [6.45, 7) is 1.56. The van der Waals surface area contributed by atoms with Gasteiger partial charge in [-0.25, -0.2) is 4.39 Å². The minimum atomic E-state index is -0.302. The van der Waals surface area contributed by atoms with Gasteiger partial charge in [0.15, 0.2) is 0 Å². The van der Waals surface area contributed by atoms with Crippen LogP contribution in [0.5, 0.6) is 0 Å². The van der Waals surface area contributed by atoms with Crippen molar-refractivity contribution in [1.82, 2.24) is 5.32 Å². The second kappa shape index (κ2) is 11.1. The Kier molecular flexibility index (Phi) is 9.56. The van der Waals surface area contributed by atoms with Crippen molar-refractivity contribution in [2.45, 2.75) is 31.3 Å². The highest BCUT2D eigenvalue weighted by atomic mass is 35.5. The molecule has 1 fully saturated rings. The van der Waals surface area contributed by atoms with Crippen LogP contribution in [0.3, 0.4) is 0 Å². The number of carbonyl (C=O) groups is 1. The zero-order valence-electron chi connectivity index (χ0n) is 15.0. The summed E-state index contributed by atoms with van der Waals surface area (Å²) in [6, 6.07) is 16.0. The van der Waals surface area contributed by atoms with Gasteiger partial charge < -0.3 is 16.0 Å². The van der Waals surface area contributed by atoms with E-state index in [9.17, 15) is 9.18 Å². The molecule has 3 rings (SSSR count). The molecule has 0 spiro atoms. The number of benzene rings is 2. The number of piperidine rings is 1. The van der Waals surface area contributed by atoms with Crippen molar-refractivity contribution in [3.05, 3.63) is 66.0 Å². The highest BCUT2D eigenvalue weighted by Gasteiger charge is 2.22. The molecule has 2 atom stereocenters. The predicted molar refractivity (Wildman–Crippen MR) is 112 cm³/mol. The average molecular weight is 414 g/mol. The lowest BCUT2D eigenvalue weighted by atomic mass is 10.0. The number of nitrogens with two attached hydrogens (primary N) is 1. The lowest BCUT2D eigenvalue weighted by molar-refractivity contribution is -0.122. The number of nitrogens with zero attached hydrogens (tertiary/aromatic N) is 1. The normalized spacial score (nSPS) is 17.3. The molecule has 1 heterocycles. The number of hydrogen-bond acceptors (Lipinski definition) is 3. The van der Waals surface area contributed by atoms with E-state index in [1.165, 1.54) is 12.1 Å². The van der Waals surface area contributed by atoms with Gasteiger partial charge in [0.2, 0.25) is 5.91 Å². The first kappa shape index (κ1) is 23.2. The largest absolute Gasteiger partial charge is 0.369 e. The van der Waals surface area contributed by atoms with E-state index in [-0.39, 0.29) is 55.0 Å². The number of hydrogen-bond donors (Lipinski definition) is 2. The van der Waals surface area contributed by atoms with E-state index in [4.69, 9.17) is 5.73 Å². The molecule has 1 saturated heterocycles. The minimum absolute atomic E-state index is 0. The number of carbonyl (C=O) groups excluding carboxylic acids is 1. The van der Waals surface area contributed by atoms with E-state index in [2.05, 4.69) is 10.2 Å². The highest BCUT2D eigenvalue weighted by molar-refractivity contribution is 5.85. The molecular formula is C20H26Cl2FN3O. The van der Waals surface area contributed by atoms with Crippen molar-refractivity contribution in [3.8, 4) is 0 Å². The fraction of sp³-hybridized carbons (Fsp3) is 0.350. The summed E-state index contributed by atoms with van der Waals surface area (Å²) in [7, 11) is 0. The van der Waals surface area contributed by atoms with Gasteiger partial charge in [0.1, 0.15) is 5.82 Å². The molecule has 1 amide bonds. The van der Waals surface area contributed by atoms with Gasteiger partial charge in [0.25, 0.3) is 0 Å². The Balaban J connectivity index is 0.00000182. The van der Waals surface area contributed by atoms with Crippen LogP contribution in [0.15, 0.2) is 54.6 Å². The number of nitrogens with one attached hydrogen (secondary N) is 1. The van der Waals surface area contributed by atoms with Crippen LogP contribution in [0, 0.1) is 5.82 Å². The van der Waals surface area contributed by atoms with Gasteiger partial charge in [-0.2, -0.15) is 0 Å². The molecule has 2 unspecified atom stereocenters. The Morgan fingerprint density at radius 1 is 1.19 bits per heavy atom. The van der Waals surface area contributed by atoms with Crippen LogP contribution in [-0.4, -0.2) is 25.0 Å². The van der Waals surface area contributed by atoms with Crippen molar-refractivity contribution >= 4 is 36.4 Å². The van der Waals surface area contributed by atoms with Gasteiger partial charge in [-0.3, -0.25) is 4.79 Å². The SMILES string of the molecule is Cl.Cl.NC(CC(=O)NC1CCCN(c2cccc(F)c2)C1)c1ccccc1. The van der Waals surface area contributed by atoms with Crippen LogP contribution in [0.1, 0.15) is 30.9 Å². The van der Waals surface area contributed by atoms with Crippen molar-refractivity contribution in [3.63, 3.8) is 0 Å². The Bertz CT molecular complexity index is 717. The fourth-order valence-electron chi connectivity index (χ4n) is 3.31. The van der Waals surface area contributed by atoms with E-state index in [1.807, 2.05) is 36.4 Å². The maximum absolute atomic E-state index is 13.4. The van der Waals surface area contributed by atoms with E-state index < -0.39 is 0 Å². The molecule has 0 aliphatic carbocycles. The van der Waals surface area contributed by atoms with Crippen LogP contribution in [0.25, 0.3) is 0 Å². The third kappa shape index (κ3) is 6.69. The van der Waals surface area contributed by atoms with Gasteiger partial charge in [0.05, 0.1) is 0 Å². The average Bonchev–Trinajstić information content (AvgIpc) is 2.62. The summed E-state index contributed by atoms with van der Waals surface area (Å²) >= 11 is 0. The molecule has 0 radical (unpaired) electrons. The van der Waals surface area contributed by atoms with Crippen LogP contribution in [0.4, 0.5) is 10.1 Å². The zero-order chi connectivity index (χ0) is 17.6. The standard InChI is InChI=1S/C20H24FN3O.2ClH/c21-16-8-4-10-18(12-16)24-11-5-9-17(14-24)23-20(25)13-19(22)15-6-2-1-3-7-15;;/h1-4,6-8,10,12,17,19H,5,9,11,13-14,22H2,(H,23,25);2*1H. The second-order valence-corrected chi connectivity index (χ2v) is 6.55. The molecule has 1 aliphatic heterocycles. The molecule has 148 valence electrons. The van der Waals surface area contributed by atoms with Gasteiger partial charge >= 0.3 is 0 Å². The molecule has 0 bridgehead atoms. The van der Waals surface area contributed by atoms with Crippen LogP contribution < -0.4 is 16.0 Å². The van der Waals surface area contributed by atoms with Crippen molar-refractivity contribution in [2.24, 2.45) is 5.73 Å². The van der Waals surface area contributed by atoms with Crippen LogP contribution in [-0.2, 0) is 4.79 Å². The molecular weight excluding hydrogens is 388 g/mol. The Morgan fingerprint density at radius 3 is 2.63 bits per heavy atom.